The minimum Gasteiger partial charge on any atom is -0.323 e. The fourth-order valence-corrected chi connectivity index (χ4v) is 1.58. The molecule has 0 aliphatic heterocycles. The predicted octanol–water partition coefficient (Wildman–Crippen LogP) is -0.192. The number of hydrogen-bond acceptors (Lipinski definition) is 6. The van der Waals surface area contributed by atoms with Crippen LogP contribution < -0.4 is 5.73 Å². The van der Waals surface area contributed by atoms with Crippen LogP contribution in [0.25, 0.3) is 11.2 Å². The highest BCUT2D eigenvalue weighted by atomic mass is 32.2. The lowest BCUT2D eigenvalue weighted by Crippen LogP contribution is -2.11. The summed E-state index contributed by atoms with van der Waals surface area (Å²) in [7, 11) is 0. The minimum atomic E-state index is -0.136. The number of hydrogen-bond donors (Lipinski definition) is 1. The molecule has 72 valence electrons. The van der Waals surface area contributed by atoms with E-state index in [0.717, 1.165) is 11.9 Å². The minimum absolute atomic E-state index is 0.00454. The van der Waals surface area contributed by atoms with Gasteiger partial charge in [-0.1, -0.05) is 0 Å². The van der Waals surface area contributed by atoms with Gasteiger partial charge < -0.3 is 5.73 Å². The third kappa shape index (κ3) is 1.59. The van der Waals surface area contributed by atoms with E-state index in [0.29, 0.717) is 11.2 Å². The lowest BCUT2D eigenvalue weighted by Gasteiger charge is -1.97. The van der Waals surface area contributed by atoms with Gasteiger partial charge in [0.1, 0.15) is 18.2 Å². The van der Waals surface area contributed by atoms with Crippen molar-refractivity contribution in [2.24, 2.45) is 5.73 Å². The van der Waals surface area contributed by atoms with Gasteiger partial charge in [-0.3, -0.25) is 4.79 Å². The highest BCUT2D eigenvalue weighted by molar-refractivity contribution is 8.12. The molecule has 0 aromatic carbocycles. The van der Waals surface area contributed by atoms with E-state index in [-0.39, 0.29) is 11.7 Å². The lowest BCUT2D eigenvalue weighted by molar-refractivity contribution is -0.109. The second kappa shape index (κ2) is 3.72. The van der Waals surface area contributed by atoms with Gasteiger partial charge in [-0.2, -0.15) is 0 Å². The second-order valence-corrected chi connectivity index (χ2v) is 3.50. The van der Waals surface area contributed by atoms with Gasteiger partial charge in [-0.05, 0) is 0 Å². The molecule has 7 heteroatoms. The zero-order chi connectivity index (χ0) is 9.97. The maximum absolute atomic E-state index is 11.1. The molecule has 6 nitrogen and oxygen atoms in total. The SMILES string of the molecule is NCC(=O)Sn1cnc2cncnc21. The van der Waals surface area contributed by atoms with Gasteiger partial charge in [-0.15, -0.1) is 0 Å². The number of nitrogens with zero attached hydrogens (tertiary/aromatic N) is 4. The molecule has 2 aromatic rings. The van der Waals surface area contributed by atoms with Crippen LogP contribution in [0, 0.1) is 0 Å². The maximum atomic E-state index is 11.1. The number of fused-ring (bicyclic) bond motifs is 1. The van der Waals surface area contributed by atoms with E-state index in [1.54, 1.807) is 10.2 Å². The molecule has 2 heterocycles. The molecule has 0 bridgehead atoms. The quantitative estimate of drug-likeness (QED) is 0.737. The Morgan fingerprint density at radius 3 is 3.21 bits per heavy atom. The number of aromatic nitrogens is 4. The number of nitrogens with two attached hydrogens (primary N) is 1. The van der Waals surface area contributed by atoms with Gasteiger partial charge >= 0.3 is 0 Å². The summed E-state index contributed by atoms with van der Waals surface area (Å²) < 4.78 is 1.58. The third-order valence-corrected chi connectivity index (χ3v) is 2.38. The van der Waals surface area contributed by atoms with Crippen LogP contribution in [0.1, 0.15) is 0 Å². The van der Waals surface area contributed by atoms with Crippen molar-refractivity contribution in [3.8, 4) is 0 Å². The molecule has 2 rings (SSSR count). The van der Waals surface area contributed by atoms with Crippen LogP contribution in [0.15, 0.2) is 18.9 Å². The molecule has 0 radical (unpaired) electrons. The standard InChI is InChI=1S/C7H7N5OS/c8-1-6(13)14-12-4-11-5-2-9-3-10-7(5)12/h2-4H,1,8H2. The van der Waals surface area contributed by atoms with Crippen LogP contribution in [0.5, 0.6) is 0 Å². The van der Waals surface area contributed by atoms with E-state index in [2.05, 4.69) is 15.0 Å². The predicted molar refractivity (Wildman–Crippen MR) is 52.4 cm³/mol. The van der Waals surface area contributed by atoms with E-state index in [1.807, 2.05) is 0 Å². The fraction of sp³-hybridized carbons (Fsp3) is 0.143. The van der Waals surface area contributed by atoms with E-state index in [1.165, 1.54) is 12.7 Å². The van der Waals surface area contributed by atoms with E-state index in [9.17, 15) is 4.79 Å². The van der Waals surface area contributed by atoms with Gasteiger partial charge in [0.15, 0.2) is 5.65 Å². The average Bonchev–Trinajstić information content (AvgIpc) is 2.62. The van der Waals surface area contributed by atoms with Crippen molar-refractivity contribution in [2.75, 3.05) is 6.54 Å². The molecule has 0 aliphatic carbocycles. The molecular weight excluding hydrogens is 202 g/mol. The van der Waals surface area contributed by atoms with Crippen molar-refractivity contribution in [1.82, 2.24) is 18.9 Å². The second-order valence-electron chi connectivity index (χ2n) is 2.47. The molecule has 0 aliphatic rings. The Labute approximate surface area is 83.7 Å². The normalized spacial score (nSPS) is 10.6. The Bertz CT molecular complexity index is 468. The van der Waals surface area contributed by atoms with Crippen molar-refractivity contribution in [3.63, 3.8) is 0 Å². The first-order valence-corrected chi connectivity index (χ1v) is 4.63. The first-order chi connectivity index (χ1) is 6.81. The fourth-order valence-electron chi connectivity index (χ4n) is 0.960. The molecule has 0 saturated heterocycles. The summed E-state index contributed by atoms with van der Waals surface area (Å²) >= 11 is 0.980. The van der Waals surface area contributed by atoms with Crippen LogP contribution in [0.4, 0.5) is 0 Å². The molecule has 2 aromatic heterocycles. The zero-order valence-electron chi connectivity index (χ0n) is 7.12. The highest BCUT2D eigenvalue weighted by Crippen LogP contribution is 2.14. The zero-order valence-corrected chi connectivity index (χ0v) is 7.94. The first-order valence-electron chi connectivity index (χ1n) is 3.85. The van der Waals surface area contributed by atoms with Crippen LogP contribution in [-0.2, 0) is 4.79 Å². The molecule has 2 N–H and O–H groups in total. The summed E-state index contributed by atoms with van der Waals surface area (Å²) in [6.45, 7) is -0.00454. The summed E-state index contributed by atoms with van der Waals surface area (Å²) in [5.74, 6) is 0. The summed E-state index contributed by atoms with van der Waals surface area (Å²) in [6, 6.07) is 0. The Balaban J connectivity index is 2.38. The van der Waals surface area contributed by atoms with Gasteiger partial charge in [-0.25, -0.2) is 18.9 Å². The van der Waals surface area contributed by atoms with Gasteiger partial charge in [0.25, 0.3) is 0 Å². The van der Waals surface area contributed by atoms with E-state index in [4.69, 9.17) is 5.73 Å². The van der Waals surface area contributed by atoms with Crippen LogP contribution in [-0.4, -0.2) is 30.6 Å². The highest BCUT2D eigenvalue weighted by Gasteiger charge is 2.07. The maximum Gasteiger partial charge on any atom is 0.223 e. The molecular formula is C7H7N5OS. The first kappa shape index (κ1) is 9.10. The molecule has 14 heavy (non-hydrogen) atoms. The third-order valence-electron chi connectivity index (χ3n) is 1.55. The van der Waals surface area contributed by atoms with Gasteiger partial charge in [0.05, 0.1) is 12.7 Å². The van der Waals surface area contributed by atoms with Crippen molar-refractivity contribution in [3.05, 3.63) is 18.9 Å². The molecule has 0 fully saturated rings. The van der Waals surface area contributed by atoms with E-state index >= 15 is 0 Å². The van der Waals surface area contributed by atoms with Crippen molar-refractivity contribution in [1.29, 1.82) is 0 Å². The van der Waals surface area contributed by atoms with Crippen LogP contribution >= 0.6 is 11.9 Å². The Hall–Kier alpha value is -1.47. The molecule has 0 unspecified atom stereocenters. The van der Waals surface area contributed by atoms with Crippen molar-refractivity contribution in [2.45, 2.75) is 0 Å². The van der Waals surface area contributed by atoms with Crippen molar-refractivity contribution >= 4 is 28.2 Å². The summed E-state index contributed by atoms with van der Waals surface area (Å²) in [4.78, 5) is 22.9. The van der Waals surface area contributed by atoms with Crippen LogP contribution in [0.2, 0.25) is 0 Å². The van der Waals surface area contributed by atoms with Crippen molar-refractivity contribution < 1.29 is 4.79 Å². The van der Waals surface area contributed by atoms with E-state index < -0.39 is 0 Å². The topological polar surface area (TPSA) is 86.7 Å². The smallest absolute Gasteiger partial charge is 0.223 e. The van der Waals surface area contributed by atoms with Crippen LogP contribution in [0.3, 0.4) is 0 Å². The Morgan fingerprint density at radius 1 is 1.57 bits per heavy atom. The number of carbonyl (C=O) groups excluding carboxylic acids is 1. The monoisotopic (exact) mass is 209 g/mol. The molecule has 0 spiro atoms. The number of imidazole rings is 1. The van der Waals surface area contributed by atoms with Gasteiger partial charge in [0.2, 0.25) is 5.12 Å². The Kier molecular flexibility index (Phi) is 2.42. The number of carbonyl (C=O) groups is 1. The largest absolute Gasteiger partial charge is 0.323 e. The lowest BCUT2D eigenvalue weighted by atomic mass is 10.6. The summed E-state index contributed by atoms with van der Waals surface area (Å²) in [6.07, 6.45) is 4.53. The summed E-state index contributed by atoms with van der Waals surface area (Å²) in [5, 5.41) is -0.136. The molecule has 0 atom stereocenters. The Morgan fingerprint density at radius 2 is 2.43 bits per heavy atom. The van der Waals surface area contributed by atoms with Gasteiger partial charge in [0, 0.05) is 11.9 Å². The summed E-state index contributed by atoms with van der Waals surface area (Å²) in [5.41, 5.74) is 6.47. The average molecular weight is 209 g/mol. The molecule has 0 amide bonds. The number of rotatable bonds is 2. The molecule has 0 saturated carbocycles.